The van der Waals surface area contributed by atoms with Gasteiger partial charge in [0.25, 0.3) is 16.7 Å². The Morgan fingerprint density at radius 1 is 0.488 bits per heavy atom. The molecule has 0 saturated heterocycles. The molecule has 0 spiro atoms. The van der Waals surface area contributed by atoms with Crippen molar-refractivity contribution in [2.24, 2.45) is 0 Å². The van der Waals surface area contributed by atoms with Crippen molar-refractivity contribution in [3.63, 3.8) is 0 Å². The zero-order chi connectivity index (χ0) is 56.8. The maximum atomic E-state index is 12.9. The molecule has 2 aliphatic heterocycles. The van der Waals surface area contributed by atoms with E-state index in [-0.39, 0.29) is 43.3 Å². The molecule has 6 aromatic heterocycles. The number of esters is 3. The lowest BCUT2D eigenvalue weighted by Gasteiger charge is -2.11. The van der Waals surface area contributed by atoms with E-state index in [1.807, 2.05) is 84.9 Å². The quantitative estimate of drug-likeness (QED) is 0.0898. The molecule has 19 heteroatoms. The van der Waals surface area contributed by atoms with Crippen molar-refractivity contribution in [1.82, 2.24) is 15.0 Å². The van der Waals surface area contributed by atoms with Crippen molar-refractivity contribution < 1.29 is 56.1 Å². The highest BCUT2D eigenvalue weighted by Crippen LogP contribution is 2.46. The van der Waals surface area contributed by atoms with Gasteiger partial charge in [-0.15, -0.1) is 0 Å². The van der Waals surface area contributed by atoms with E-state index in [1.165, 1.54) is 0 Å². The van der Waals surface area contributed by atoms with Gasteiger partial charge in [0.1, 0.15) is 39.2 Å². The minimum absolute atomic E-state index is 0.0488. The van der Waals surface area contributed by atoms with Gasteiger partial charge in [0.05, 0.1) is 48.5 Å². The smallest absolute Gasteiger partial charge is 0.344 e. The Labute approximate surface area is 467 Å². The van der Waals surface area contributed by atoms with Gasteiger partial charge in [0.2, 0.25) is 6.79 Å². The van der Waals surface area contributed by atoms with Crippen molar-refractivity contribution >= 4 is 95.7 Å². The molecule has 14 rings (SSSR count). The van der Waals surface area contributed by atoms with Gasteiger partial charge in [-0.3, -0.25) is 14.4 Å². The predicted octanol–water partition coefficient (Wildman–Crippen LogP) is 12.7. The number of hydrogen-bond acceptors (Lipinski definition) is 15. The van der Waals surface area contributed by atoms with Crippen molar-refractivity contribution in [3.8, 4) is 50.6 Å². The number of benzene rings is 6. The van der Waals surface area contributed by atoms with E-state index in [2.05, 4.69) is 15.0 Å². The predicted molar refractivity (Wildman–Crippen MR) is 308 cm³/mol. The standard InChI is InChI=1S/C22H17NO5.C21H15NO6.C20H14ClNO4/c1-2-26-22(25)18-17(13-7-8-15-12(11-13)9-10-27-15)20-19(23-21(18)24)14-5-3-4-6-16(14)28-20;1-2-25-21(24)16-15(12-7-5-9-14-18(12)27-10-26-14)19-17(22-20(16)23)11-6-3-4-8-13(11)28-19;1-2-25-20(24)16-15(11-7-9-12(21)10-8-11)18-17(22-19(16)23)13-5-3-4-6-14(13)26-18/h3-8,11H,2,9-10H2,1H3,(H,23,24);3-9H,2,10H2,1H3,(H,22,23);3-10H,2H2,1H3,(H,22,23). The highest BCUT2D eigenvalue weighted by Gasteiger charge is 2.31. The normalized spacial score (nSPS) is 12.2. The molecule has 0 amide bonds. The Morgan fingerprint density at radius 2 is 0.939 bits per heavy atom. The van der Waals surface area contributed by atoms with Crippen molar-refractivity contribution in [2.45, 2.75) is 27.2 Å². The molecule has 2 aliphatic rings. The number of carbonyl (C=O) groups is 3. The van der Waals surface area contributed by atoms with Crippen LogP contribution in [0.15, 0.2) is 161 Å². The lowest BCUT2D eigenvalue weighted by molar-refractivity contribution is 0.0515. The van der Waals surface area contributed by atoms with E-state index in [4.69, 9.17) is 53.3 Å². The van der Waals surface area contributed by atoms with Gasteiger partial charge in [0, 0.05) is 44.3 Å². The van der Waals surface area contributed by atoms with Crippen LogP contribution in [0.2, 0.25) is 5.02 Å². The Morgan fingerprint density at radius 3 is 1.44 bits per heavy atom. The van der Waals surface area contributed by atoms with Crippen molar-refractivity contribution in [1.29, 1.82) is 0 Å². The number of nitrogens with one attached hydrogen (secondary N) is 3. The number of carbonyl (C=O) groups excluding carboxylic acids is 3. The fourth-order valence-corrected chi connectivity index (χ4v) is 10.5. The number of aromatic amines is 3. The maximum Gasteiger partial charge on any atom is 0.344 e. The number of para-hydroxylation sites is 4. The number of fused-ring (bicyclic) bond motifs is 11. The summed E-state index contributed by atoms with van der Waals surface area (Å²) in [6.45, 7) is 6.24. The molecule has 0 aliphatic carbocycles. The summed E-state index contributed by atoms with van der Waals surface area (Å²) >= 11 is 5.98. The third kappa shape index (κ3) is 9.23. The molecule has 0 atom stereocenters. The van der Waals surface area contributed by atoms with Crippen LogP contribution in [0.4, 0.5) is 0 Å². The number of aromatic nitrogens is 3. The van der Waals surface area contributed by atoms with Gasteiger partial charge >= 0.3 is 17.9 Å². The molecule has 0 bridgehead atoms. The molecule has 0 saturated carbocycles. The van der Waals surface area contributed by atoms with Gasteiger partial charge < -0.3 is 56.6 Å². The average Bonchev–Trinajstić information content (AvgIpc) is 3.35. The van der Waals surface area contributed by atoms with E-state index in [1.54, 1.807) is 69.3 Å². The van der Waals surface area contributed by atoms with Crippen molar-refractivity contribution in [2.75, 3.05) is 33.2 Å². The topological polar surface area (TPSA) is 245 Å². The molecule has 3 N–H and O–H groups in total. The number of hydrogen-bond donors (Lipinski definition) is 3. The number of furan rings is 3. The first kappa shape index (κ1) is 52.4. The fraction of sp³-hybridized carbons (Fsp3) is 0.143. The van der Waals surface area contributed by atoms with Crippen LogP contribution in [-0.2, 0) is 20.6 Å². The molecule has 82 heavy (non-hydrogen) atoms. The first-order valence-electron chi connectivity index (χ1n) is 26.1. The van der Waals surface area contributed by atoms with Crippen LogP contribution in [0.5, 0.6) is 17.2 Å². The molecule has 6 aromatic carbocycles. The van der Waals surface area contributed by atoms with Gasteiger partial charge in [-0.1, -0.05) is 78.3 Å². The summed E-state index contributed by atoms with van der Waals surface area (Å²) in [5.74, 6) is -0.263. The summed E-state index contributed by atoms with van der Waals surface area (Å²) in [5.41, 5.74) is 7.05. The second-order valence-electron chi connectivity index (χ2n) is 18.6. The number of pyridine rings is 3. The molecule has 410 valence electrons. The van der Waals surface area contributed by atoms with Gasteiger partial charge in [-0.05, 0) is 104 Å². The zero-order valence-electron chi connectivity index (χ0n) is 43.9. The van der Waals surface area contributed by atoms with Crippen LogP contribution in [0.3, 0.4) is 0 Å². The third-order valence-corrected chi connectivity index (χ3v) is 14.1. The Balaban J connectivity index is 0.000000122. The average molecular weight is 1120 g/mol. The SMILES string of the molecule is CCOC(=O)c1c(-c2ccc(Cl)cc2)c2oc3ccccc3c2[nH]c1=O.CCOC(=O)c1c(-c2ccc3c(c2)CCO3)c2oc3ccccc3c2[nH]c1=O.CCOC(=O)c1c(-c2cccc3c2OCO3)c2oc3ccccc3c2[nH]c1=O. The monoisotopic (exact) mass is 1120 g/mol. The van der Waals surface area contributed by atoms with E-state index < -0.39 is 34.6 Å². The lowest BCUT2D eigenvalue weighted by atomic mass is 9.97. The summed E-state index contributed by atoms with van der Waals surface area (Å²) in [6, 6.07) is 40.0. The van der Waals surface area contributed by atoms with Crippen LogP contribution in [0, 0.1) is 0 Å². The first-order chi connectivity index (χ1) is 40.0. The highest BCUT2D eigenvalue weighted by atomic mass is 35.5. The van der Waals surface area contributed by atoms with Gasteiger partial charge in [-0.2, -0.15) is 0 Å². The first-order valence-corrected chi connectivity index (χ1v) is 26.5. The van der Waals surface area contributed by atoms with Crippen LogP contribution in [-0.4, -0.2) is 66.1 Å². The summed E-state index contributed by atoms with van der Waals surface area (Å²) in [7, 11) is 0. The minimum atomic E-state index is -0.724. The number of rotatable bonds is 9. The number of ether oxygens (including phenoxy) is 6. The van der Waals surface area contributed by atoms with E-state index in [9.17, 15) is 28.8 Å². The highest BCUT2D eigenvalue weighted by molar-refractivity contribution is 6.30. The fourth-order valence-electron chi connectivity index (χ4n) is 10.3. The van der Waals surface area contributed by atoms with E-state index >= 15 is 0 Å². The minimum Gasteiger partial charge on any atom is -0.493 e. The van der Waals surface area contributed by atoms with E-state index in [0.29, 0.717) is 101 Å². The molecular weight excluding hydrogens is 1070 g/mol. The second-order valence-corrected chi connectivity index (χ2v) is 19.1. The van der Waals surface area contributed by atoms with E-state index in [0.717, 1.165) is 39.5 Å². The molecule has 8 heterocycles. The van der Waals surface area contributed by atoms with Crippen LogP contribution < -0.4 is 30.9 Å². The summed E-state index contributed by atoms with van der Waals surface area (Å²) in [5, 5.41) is 2.86. The largest absolute Gasteiger partial charge is 0.493 e. The zero-order valence-corrected chi connectivity index (χ0v) is 44.7. The van der Waals surface area contributed by atoms with Gasteiger partial charge in [0.15, 0.2) is 28.2 Å². The molecular formula is C63H46ClN3O15. The molecule has 0 radical (unpaired) electrons. The molecule has 18 nitrogen and oxygen atoms in total. The van der Waals surface area contributed by atoms with Crippen LogP contribution in [0.1, 0.15) is 57.4 Å². The number of halogens is 1. The Kier molecular flexibility index (Phi) is 13.9. The van der Waals surface area contributed by atoms with Gasteiger partial charge in [-0.25, -0.2) is 14.4 Å². The number of H-pyrrole nitrogens is 3. The third-order valence-electron chi connectivity index (χ3n) is 13.8. The lowest BCUT2D eigenvalue weighted by Crippen LogP contribution is -2.21. The Bertz CT molecular complexity index is 4730. The molecule has 0 fully saturated rings. The summed E-state index contributed by atoms with van der Waals surface area (Å²) < 4.78 is 50.1. The Hall–Kier alpha value is -10.3. The molecule has 0 unspecified atom stereocenters. The summed E-state index contributed by atoms with van der Waals surface area (Å²) in [4.78, 5) is 84.7. The second kappa shape index (κ2) is 21.7. The van der Waals surface area contributed by atoms with Crippen LogP contribution >= 0.6 is 11.6 Å². The molecule has 12 aromatic rings. The summed E-state index contributed by atoms with van der Waals surface area (Å²) in [6.07, 6.45) is 0.782. The van der Waals surface area contributed by atoms with Crippen LogP contribution in [0.25, 0.3) is 99.6 Å². The van der Waals surface area contributed by atoms with Crippen molar-refractivity contribution in [3.05, 3.63) is 192 Å². The maximum absolute atomic E-state index is 12.9.